The van der Waals surface area contributed by atoms with Gasteiger partial charge >= 0.3 is 6.03 Å². The lowest BCUT2D eigenvalue weighted by Gasteiger charge is -2.50. The lowest BCUT2D eigenvalue weighted by Crippen LogP contribution is -2.60. The van der Waals surface area contributed by atoms with E-state index in [-0.39, 0.29) is 33.1 Å². The Bertz CT molecular complexity index is 1800. The number of likely N-dealkylation sites (tertiary alicyclic amines) is 1. The molecule has 2 aromatic rings. The third kappa shape index (κ3) is 3.64. The van der Waals surface area contributed by atoms with E-state index in [1.165, 1.54) is 31.4 Å². The number of methoxy groups -OCH3 is 1. The maximum atomic E-state index is 15.0. The number of para-hydroxylation sites is 1. The fraction of sp³-hybridized carbons (Fsp3) is 0.321. The van der Waals surface area contributed by atoms with Gasteiger partial charge in [0.2, 0.25) is 17.6 Å². The Morgan fingerprint density at radius 2 is 1.56 bits per heavy atom. The zero-order chi connectivity index (χ0) is 33.1. The van der Waals surface area contributed by atoms with Crippen LogP contribution in [0.5, 0.6) is 11.5 Å². The van der Waals surface area contributed by atoms with Gasteiger partial charge in [-0.3, -0.25) is 19.2 Å². The van der Waals surface area contributed by atoms with E-state index in [1.54, 1.807) is 0 Å². The predicted molar refractivity (Wildman–Crippen MR) is 143 cm³/mol. The first kappa shape index (κ1) is 30.8. The van der Waals surface area contributed by atoms with Gasteiger partial charge in [-0.15, -0.1) is 23.2 Å². The molecule has 3 N–H and O–H groups in total. The molecule has 6 amide bonds. The van der Waals surface area contributed by atoms with Crippen LogP contribution in [0.25, 0.3) is 0 Å². The van der Waals surface area contributed by atoms with Gasteiger partial charge in [0, 0.05) is 11.5 Å². The molecule has 17 heteroatoms. The van der Waals surface area contributed by atoms with Gasteiger partial charge in [-0.25, -0.2) is 31.6 Å². The Hall–Kier alpha value is -4.24. The highest BCUT2D eigenvalue weighted by Crippen LogP contribution is 2.67. The second-order valence-electron chi connectivity index (χ2n) is 10.9. The number of hydrogen-bond donors (Lipinski definition) is 2. The van der Waals surface area contributed by atoms with Crippen molar-refractivity contribution in [1.29, 1.82) is 0 Å². The van der Waals surface area contributed by atoms with E-state index < -0.39 is 110 Å². The Balaban J connectivity index is 1.63. The SMILES string of the molecule is COc1cccc([C@H]2C3=CC[C@@H]4C(=O)N(C(N)=O)C(=O)[C@@H]4[C@@H]3C[C@@]3(Cl)C(=O)N(c4c(F)c(F)c(F)c(F)c4F)C(=O)[C@@]23Cl)c1O. The molecule has 6 rings (SSSR count). The average Bonchev–Trinajstić information content (AvgIpc) is 3.34. The molecule has 0 bridgehead atoms. The maximum Gasteiger partial charge on any atom is 0.328 e. The van der Waals surface area contributed by atoms with E-state index in [9.17, 15) is 42.3 Å². The number of alkyl halides is 2. The highest BCUT2D eigenvalue weighted by Gasteiger charge is 2.77. The van der Waals surface area contributed by atoms with Crippen LogP contribution in [0.15, 0.2) is 29.8 Å². The Labute approximate surface area is 259 Å². The number of carbonyl (C=O) groups is 5. The quantitative estimate of drug-likeness (QED) is 0.126. The van der Waals surface area contributed by atoms with Crippen LogP contribution in [0, 0.1) is 46.8 Å². The van der Waals surface area contributed by atoms with E-state index in [0.717, 1.165) is 0 Å². The number of imide groups is 4. The minimum Gasteiger partial charge on any atom is -0.504 e. The first-order chi connectivity index (χ1) is 21.1. The van der Waals surface area contributed by atoms with Gasteiger partial charge in [-0.05, 0) is 24.8 Å². The molecule has 2 aliphatic heterocycles. The van der Waals surface area contributed by atoms with Gasteiger partial charge in [-0.2, -0.15) is 4.90 Å². The van der Waals surface area contributed by atoms with Gasteiger partial charge in [0.25, 0.3) is 11.8 Å². The smallest absolute Gasteiger partial charge is 0.328 e. The summed E-state index contributed by atoms with van der Waals surface area (Å²) >= 11 is 13.9. The molecule has 10 nitrogen and oxygen atoms in total. The molecule has 3 fully saturated rings. The van der Waals surface area contributed by atoms with Crippen LogP contribution in [0.4, 0.5) is 32.4 Å². The summed E-state index contributed by atoms with van der Waals surface area (Å²) in [6.07, 6.45) is 0.400. The minimum atomic E-state index is -2.83. The normalized spacial score (nSPS) is 30.7. The van der Waals surface area contributed by atoms with Gasteiger partial charge in [0.05, 0.1) is 18.9 Å². The number of allylic oxidation sites excluding steroid dienone is 2. The second-order valence-corrected chi connectivity index (χ2v) is 12.2. The number of nitrogens with zero attached hydrogens (tertiary/aromatic N) is 2. The Morgan fingerprint density at radius 3 is 2.13 bits per heavy atom. The number of anilines is 1. The topological polar surface area (TPSA) is 147 Å². The van der Waals surface area contributed by atoms with Crippen molar-refractivity contribution in [2.24, 2.45) is 23.5 Å². The zero-order valence-corrected chi connectivity index (χ0v) is 24.1. The third-order valence-electron chi connectivity index (χ3n) is 9.00. The molecule has 2 heterocycles. The number of benzene rings is 2. The number of rotatable bonds is 3. The summed E-state index contributed by atoms with van der Waals surface area (Å²) in [6, 6.07) is 2.53. The van der Waals surface area contributed by atoms with Gasteiger partial charge in [-0.1, -0.05) is 23.8 Å². The Kier molecular flexibility index (Phi) is 6.76. The molecule has 0 spiro atoms. The lowest BCUT2D eigenvalue weighted by molar-refractivity contribution is -0.136. The van der Waals surface area contributed by atoms with E-state index in [2.05, 4.69) is 0 Å². The van der Waals surface area contributed by atoms with Crippen molar-refractivity contribution < 1.29 is 55.8 Å². The third-order valence-corrected chi connectivity index (χ3v) is 10.4. The van der Waals surface area contributed by atoms with Crippen LogP contribution < -0.4 is 15.4 Å². The number of nitrogens with two attached hydrogens (primary N) is 1. The van der Waals surface area contributed by atoms with Crippen molar-refractivity contribution >= 4 is 58.5 Å². The number of ether oxygens (including phenoxy) is 1. The largest absolute Gasteiger partial charge is 0.504 e. The molecule has 45 heavy (non-hydrogen) atoms. The van der Waals surface area contributed by atoms with Crippen molar-refractivity contribution in [3.8, 4) is 11.5 Å². The number of aromatic hydroxyl groups is 1. The molecule has 236 valence electrons. The van der Waals surface area contributed by atoms with Crippen LogP contribution in [0.2, 0.25) is 0 Å². The molecule has 4 aliphatic rings. The molecule has 2 aliphatic carbocycles. The van der Waals surface area contributed by atoms with Crippen LogP contribution in [-0.2, 0) is 19.2 Å². The van der Waals surface area contributed by atoms with E-state index in [1.807, 2.05) is 0 Å². The average molecular weight is 674 g/mol. The summed E-state index contributed by atoms with van der Waals surface area (Å²) in [5, 5.41) is 11.2. The molecule has 0 unspecified atom stereocenters. The molecule has 2 aromatic carbocycles. The van der Waals surface area contributed by atoms with Gasteiger partial charge < -0.3 is 15.6 Å². The number of phenols is 1. The standard InChI is InChI=1S/C28H18Cl2F5N3O7/c1-45-12-4-2-3-10(21(12)39)14-8-5-6-9-13(23(41)38(22(9)40)26(36)44)11(8)7-27(29)24(42)37(25(43)28(14,27)30)20-18(34)16(32)15(31)17(33)19(20)35/h2-5,9,11,13-14,39H,6-7H2,1H3,(H2,36,44)/t9-,11+,13-,14+,27+,28-/m0/s1. The Morgan fingerprint density at radius 1 is 0.956 bits per heavy atom. The summed E-state index contributed by atoms with van der Waals surface area (Å²) in [4.78, 5) is 60.9. The van der Waals surface area contributed by atoms with Crippen molar-refractivity contribution in [3.05, 3.63) is 64.5 Å². The highest BCUT2D eigenvalue weighted by atomic mass is 35.5. The lowest BCUT2D eigenvalue weighted by atomic mass is 9.56. The van der Waals surface area contributed by atoms with Crippen LogP contribution in [0.3, 0.4) is 0 Å². The fourth-order valence-electron chi connectivity index (χ4n) is 7.07. The summed E-state index contributed by atoms with van der Waals surface area (Å²) < 4.78 is 77.7. The van der Waals surface area contributed by atoms with Crippen LogP contribution in [0.1, 0.15) is 24.3 Å². The number of phenolic OH excluding ortho intramolecular Hbond substituents is 1. The van der Waals surface area contributed by atoms with Crippen molar-refractivity contribution in [2.75, 3.05) is 12.0 Å². The molecule has 0 radical (unpaired) electrons. The van der Waals surface area contributed by atoms with E-state index in [4.69, 9.17) is 33.7 Å². The number of primary amides is 1. The van der Waals surface area contributed by atoms with E-state index >= 15 is 8.78 Å². The molecular weight excluding hydrogens is 656 g/mol. The van der Waals surface area contributed by atoms with Gasteiger partial charge in [0.15, 0.2) is 44.5 Å². The summed E-state index contributed by atoms with van der Waals surface area (Å²) in [7, 11) is 1.19. The number of carbonyl (C=O) groups excluding carboxylic acids is 5. The molecule has 2 saturated heterocycles. The first-order valence-electron chi connectivity index (χ1n) is 13.1. The molecule has 0 aromatic heterocycles. The van der Waals surface area contributed by atoms with Crippen molar-refractivity contribution in [1.82, 2.24) is 4.90 Å². The number of urea groups is 1. The van der Waals surface area contributed by atoms with Crippen molar-refractivity contribution in [3.63, 3.8) is 0 Å². The monoisotopic (exact) mass is 673 g/mol. The summed E-state index contributed by atoms with van der Waals surface area (Å²) in [6.45, 7) is 0. The number of halogens is 7. The highest BCUT2D eigenvalue weighted by molar-refractivity contribution is 6.58. The van der Waals surface area contributed by atoms with Crippen molar-refractivity contribution in [2.45, 2.75) is 28.5 Å². The minimum absolute atomic E-state index is 0.0685. The second kappa shape index (κ2) is 9.88. The van der Waals surface area contributed by atoms with Gasteiger partial charge in [0.1, 0.15) is 5.69 Å². The number of fused-ring (bicyclic) bond motifs is 4. The zero-order valence-electron chi connectivity index (χ0n) is 22.5. The molecule has 6 atom stereocenters. The van der Waals surface area contributed by atoms with Crippen LogP contribution >= 0.6 is 23.2 Å². The summed E-state index contributed by atoms with van der Waals surface area (Å²) in [5.41, 5.74) is 3.16. The fourth-order valence-corrected chi connectivity index (χ4v) is 7.99. The summed E-state index contributed by atoms with van der Waals surface area (Å²) in [5.74, 6) is -24.3. The van der Waals surface area contributed by atoms with E-state index in [0.29, 0.717) is 0 Å². The number of amides is 6. The number of hydrogen-bond acceptors (Lipinski definition) is 7. The predicted octanol–water partition coefficient (Wildman–Crippen LogP) is 3.74. The maximum absolute atomic E-state index is 15.0. The van der Waals surface area contributed by atoms with Crippen LogP contribution in [-0.4, -0.2) is 56.5 Å². The first-order valence-corrected chi connectivity index (χ1v) is 13.8. The molecular formula is C28H18Cl2F5N3O7. The molecule has 1 saturated carbocycles.